The Morgan fingerprint density at radius 3 is 2.35 bits per heavy atom. The van der Waals surface area contributed by atoms with E-state index in [0.29, 0.717) is 12.0 Å². The lowest BCUT2D eigenvalue weighted by molar-refractivity contribution is -0.119. The molecule has 2 aliphatic rings. The Morgan fingerprint density at radius 1 is 1.15 bits per heavy atom. The second-order valence-electron chi connectivity index (χ2n) is 6.86. The molecule has 0 aromatic rings. The van der Waals surface area contributed by atoms with Crippen molar-refractivity contribution in [3.63, 3.8) is 0 Å². The van der Waals surface area contributed by atoms with Crippen molar-refractivity contribution < 1.29 is 14.3 Å². The van der Waals surface area contributed by atoms with Gasteiger partial charge < -0.3 is 14.5 Å². The zero-order chi connectivity index (χ0) is 14.8. The first-order chi connectivity index (χ1) is 9.40. The molecule has 0 aromatic heterocycles. The smallest absolute Gasteiger partial charge is 0.410 e. The van der Waals surface area contributed by atoms with Crippen molar-refractivity contribution >= 4 is 12.5 Å². The summed E-state index contributed by atoms with van der Waals surface area (Å²) in [7, 11) is 0. The maximum atomic E-state index is 12.3. The maximum Gasteiger partial charge on any atom is 0.410 e. The van der Waals surface area contributed by atoms with E-state index in [1.807, 2.05) is 30.6 Å². The molecule has 5 nitrogen and oxygen atoms in total. The molecule has 2 rings (SSSR count). The van der Waals surface area contributed by atoms with Gasteiger partial charge in [-0.2, -0.15) is 0 Å². The lowest BCUT2D eigenvalue weighted by atomic mass is 9.88. The molecule has 20 heavy (non-hydrogen) atoms. The molecular formula is C15H26N2O3. The topological polar surface area (TPSA) is 49.9 Å². The van der Waals surface area contributed by atoms with Gasteiger partial charge in [0.25, 0.3) is 0 Å². The van der Waals surface area contributed by atoms with Crippen LogP contribution in [0.1, 0.15) is 46.5 Å². The second kappa shape index (κ2) is 6.02. The molecule has 0 N–H and O–H groups in total. The number of likely N-dealkylation sites (tertiary alicyclic amines) is 2. The number of rotatable bonds is 2. The van der Waals surface area contributed by atoms with Crippen LogP contribution in [0, 0.1) is 5.92 Å². The molecule has 2 heterocycles. The molecule has 0 radical (unpaired) electrons. The number of hydrogen-bond acceptors (Lipinski definition) is 3. The third kappa shape index (κ3) is 3.64. The molecule has 2 aliphatic heterocycles. The van der Waals surface area contributed by atoms with Gasteiger partial charge in [-0.3, -0.25) is 4.79 Å². The summed E-state index contributed by atoms with van der Waals surface area (Å²) in [6.07, 6.45) is 4.84. The van der Waals surface area contributed by atoms with Crippen molar-refractivity contribution in [2.24, 2.45) is 5.92 Å². The minimum atomic E-state index is -0.439. The number of ether oxygens (including phenoxy) is 1. The van der Waals surface area contributed by atoms with Crippen molar-refractivity contribution in [3.05, 3.63) is 0 Å². The number of hydrogen-bond donors (Lipinski definition) is 0. The van der Waals surface area contributed by atoms with Gasteiger partial charge in [0.05, 0.1) is 0 Å². The molecule has 0 spiro atoms. The van der Waals surface area contributed by atoms with Gasteiger partial charge in [-0.15, -0.1) is 0 Å². The number of carbonyl (C=O) groups excluding carboxylic acids is 2. The molecule has 5 heteroatoms. The van der Waals surface area contributed by atoms with E-state index in [0.717, 1.165) is 51.7 Å². The first-order valence-corrected chi connectivity index (χ1v) is 7.59. The SMILES string of the molecule is CC(C)(C)OC(=O)N1CCCC1C1CCN(C=O)CC1. The highest BCUT2D eigenvalue weighted by molar-refractivity contribution is 5.69. The van der Waals surface area contributed by atoms with Crippen LogP contribution in [-0.4, -0.2) is 53.6 Å². The molecule has 0 bridgehead atoms. The highest BCUT2D eigenvalue weighted by atomic mass is 16.6. The molecule has 2 fully saturated rings. The van der Waals surface area contributed by atoms with Crippen LogP contribution in [0.3, 0.4) is 0 Å². The summed E-state index contributed by atoms with van der Waals surface area (Å²) in [5.41, 5.74) is -0.439. The van der Waals surface area contributed by atoms with Crippen molar-refractivity contribution in [3.8, 4) is 0 Å². The van der Waals surface area contributed by atoms with Crippen LogP contribution in [0.25, 0.3) is 0 Å². The van der Waals surface area contributed by atoms with Crippen LogP contribution in [0.15, 0.2) is 0 Å². The lowest BCUT2D eigenvalue weighted by Gasteiger charge is -2.37. The molecule has 114 valence electrons. The molecule has 2 saturated heterocycles. The highest BCUT2D eigenvalue weighted by Gasteiger charge is 2.37. The van der Waals surface area contributed by atoms with Crippen molar-refractivity contribution in [2.75, 3.05) is 19.6 Å². The van der Waals surface area contributed by atoms with E-state index in [9.17, 15) is 9.59 Å². The van der Waals surface area contributed by atoms with E-state index in [4.69, 9.17) is 4.74 Å². The van der Waals surface area contributed by atoms with Gasteiger partial charge in [-0.05, 0) is 52.4 Å². The fourth-order valence-corrected chi connectivity index (χ4v) is 3.24. The Balaban J connectivity index is 1.94. The standard InChI is InChI=1S/C15H26N2O3/c1-15(2,3)20-14(19)17-8-4-5-13(17)12-6-9-16(11-18)10-7-12/h11-13H,4-10H2,1-3H3. The van der Waals surface area contributed by atoms with Gasteiger partial charge in [0.2, 0.25) is 6.41 Å². The predicted octanol–water partition coefficient (Wildman–Crippen LogP) is 2.25. The minimum Gasteiger partial charge on any atom is -0.444 e. The Morgan fingerprint density at radius 2 is 1.80 bits per heavy atom. The van der Waals surface area contributed by atoms with Crippen LogP contribution >= 0.6 is 0 Å². The van der Waals surface area contributed by atoms with Crippen LogP contribution in [0.4, 0.5) is 4.79 Å². The predicted molar refractivity (Wildman–Crippen MR) is 76.3 cm³/mol. The van der Waals surface area contributed by atoms with Crippen molar-refractivity contribution in [1.29, 1.82) is 0 Å². The Kier molecular flexibility index (Phi) is 4.55. The Bertz CT molecular complexity index is 357. The quantitative estimate of drug-likeness (QED) is 0.730. The van der Waals surface area contributed by atoms with Gasteiger partial charge in [-0.1, -0.05) is 0 Å². The van der Waals surface area contributed by atoms with Crippen molar-refractivity contribution in [1.82, 2.24) is 9.80 Å². The number of piperidine rings is 1. The fourth-order valence-electron chi connectivity index (χ4n) is 3.24. The average molecular weight is 282 g/mol. The normalized spacial score (nSPS) is 24.9. The zero-order valence-electron chi connectivity index (χ0n) is 12.8. The van der Waals surface area contributed by atoms with Crippen LogP contribution in [0.5, 0.6) is 0 Å². The lowest BCUT2D eigenvalue weighted by Crippen LogP contribution is -2.46. The molecule has 0 aromatic carbocycles. The Hall–Kier alpha value is -1.26. The van der Waals surface area contributed by atoms with Crippen LogP contribution in [0.2, 0.25) is 0 Å². The van der Waals surface area contributed by atoms with Gasteiger partial charge >= 0.3 is 6.09 Å². The van der Waals surface area contributed by atoms with Gasteiger partial charge in [-0.25, -0.2) is 4.79 Å². The fraction of sp³-hybridized carbons (Fsp3) is 0.867. The van der Waals surface area contributed by atoms with E-state index in [2.05, 4.69) is 0 Å². The summed E-state index contributed by atoms with van der Waals surface area (Å²) in [5, 5.41) is 0. The molecule has 1 unspecified atom stereocenters. The molecule has 0 aliphatic carbocycles. The molecule has 0 saturated carbocycles. The average Bonchev–Trinajstić information content (AvgIpc) is 2.86. The zero-order valence-corrected chi connectivity index (χ0v) is 12.8. The third-order valence-electron chi connectivity index (χ3n) is 4.19. The number of amides is 2. The number of nitrogens with zero attached hydrogens (tertiary/aromatic N) is 2. The summed E-state index contributed by atoms with van der Waals surface area (Å²) in [4.78, 5) is 26.8. The minimum absolute atomic E-state index is 0.183. The second-order valence-corrected chi connectivity index (χ2v) is 6.86. The van der Waals surface area contributed by atoms with Crippen molar-refractivity contribution in [2.45, 2.75) is 58.1 Å². The summed E-state index contributed by atoms with van der Waals surface area (Å²) in [5.74, 6) is 0.501. The van der Waals surface area contributed by atoms with Crippen LogP contribution in [-0.2, 0) is 9.53 Å². The molecule has 2 amide bonds. The summed E-state index contributed by atoms with van der Waals surface area (Å²) >= 11 is 0. The first-order valence-electron chi connectivity index (χ1n) is 7.59. The molecule has 1 atom stereocenters. The summed E-state index contributed by atoms with van der Waals surface area (Å²) in [6.45, 7) is 8.13. The third-order valence-corrected chi connectivity index (χ3v) is 4.19. The summed E-state index contributed by atoms with van der Waals surface area (Å²) in [6, 6.07) is 0.290. The first kappa shape index (κ1) is 15.1. The summed E-state index contributed by atoms with van der Waals surface area (Å²) < 4.78 is 5.51. The van der Waals surface area contributed by atoms with E-state index in [1.54, 1.807) is 0 Å². The van der Waals surface area contributed by atoms with E-state index < -0.39 is 5.60 Å². The van der Waals surface area contributed by atoms with Crippen LogP contribution < -0.4 is 0 Å². The van der Waals surface area contributed by atoms with E-state index in [-0.39, 0.29) is 6.09 Å². The maximum absolute atomic E-state index is 12.3. The van der Waals surface area contributed by atoms with Gasteiger partial charge in [0, 0.05) is 25.7 Å². The number of carbonyl (C=O) groups is 2. The van der Waals surface area contributed by atoms with E-state index >= 15 is 0 Å². The van der Waals surface area contributed by atoms with Gasteiger partial charge in [0.1, 0.15) is 5.60 Å². The monoisotopic (exact) mass is 282 g/mol. The van der Waals surface area contributed by atoms with E-state index in [1.165, 1.54) is 0 Å². The largest absolute Gasteiger partial charge is 0.444 e. The Labute approximate surface area is 121 Å². The van der Waals surface area contributed by atoms with Gasteiger partial charge in [0.15, 0.2) is 0 Å². The highest BCUT2D eigenvalue weighted by Crippen LogP contribution is 2.31. The molecular weight excluding hydrogens is 256 g/mol.